The lowest BCUT2D eigenvalue weighted by atomic mass is 10.0. The van der Waals surface area contributed by atoms with Gasteiger partial charge in [0.1, 0.15) is 11.4 Å². The Morgan fingerprint density at radius 2 is 1.86 bits per heavy atom. The second kappa shape index (κ2) is 9.20. The summed E-state index contributed by atoms with van der Waals surface area (Å²) in [4.78, 5) is 26.7. The van der Waals surface area contributed by atoms with Gasteiger partial charge in [0.2, 0.25) is 0 Å². The standard InChI is InChI=1S/C22H31N3O4/c1-5-25-19-9-8-17(28-6-2)14-18(19)15(4)20(25)21(26)23-16-10-12-24(13-11-16)22(27)29-7-3/h8-9,14,16H,5-7,10-13H2,1-4H3,(H,23,26). The highest BCUT2D eigenvalue weighted by Crippen LogP contribution is 2.29. The minimum atomic E-state index is -0.274. The molecule has 29 heavy (non-hydrogen) atoms. The molecule has 0 radical (unpaired) electrons. The van der Waals surface area contributed by atoms with Crippen LogP contribution in [0.5, 0.6) is 5.75 Å². The Bertz CT molecular complexity index is 882. The highest BCUT2D eigenvalue weighted by molar-refractivity contribution is 6.02. The highest BCUT2D eigenvalue weighted by atomic mass is 16.6. The van der Waals surface area contributed by atoms with Gasteiger partial charge in [0.25, 0.3) is 5.91 Å². The second-order valence-electron chi connectivity index (χ2n) is 7.26. The van der Waals surface area contributed by atoms with E-state index in [1.807, 2.05) is 39.0 Å². The molecule has 0 atom stereocenters. The lowest BCUT2D eigenvalue weighted by Crippen LogP contribution is -2.47. The molecule has 2 amide bonds. The molecule has 2 heterocycles. The zero-order chi connectivity index (χ0) is 21.0. The van der Waals surface area contributed by atoms with Gasteiger partial charge < -0.3 is 24.3 Å². The topological polar surface area (TPSA) is 72.8 Å². The van der Waals surface area contributed by atoms with Crippen molar-refractivity contribution in [1.29, 1.82) is 0 Å². The molecule has 1 saturated heterocycles. The van der Waals surface area contributed by atoms with E-state index in [1.165, 1.54) is 0 Å². The third-order valence-electron chi connectivity index (χ3n) is 5.49. The Morgan fingerprint density at radius 3 is 2.48 bits per heavy atom. The second-order valence-corrected chi connectivity index (χ2v) is 7.26. The van der Waals surface area contributed by atoms with Crippen LogP contribution in [0.3, 0.4) is 0 Å². The van der Waals surface area contributed by atoms with Crippen LogP contribution in [0.1, 0.15) is 49.7 Å². The number of fused-ring (bicyclic) bond motifs is 1. The molecule has 0 bridgehead atoms. The monoisotopic (exact) mass is 401 g/mol. The van der Waals surface area contributed by atoms with Crippen molar-refractivity contribution in [1.82, 2.24) is 14.8 Å². The summed E-state index contributed by atoms with van der Waals surface area (Å²) in [6, 6.07) is 6.03. The fourth-order valence-electron chi connectivity index (χ4n) is 4.05. The van der Waals surface area contributed by atoms with E-state index in [0.717, 1.165) is 35.1 Å². The third kappa shape index (κ3) is 4.33. The Kier molecular flexibility index (Phi) is 6.67. The number of hydrogen-bond acceptors (Lipinski definition) is 4. The molecule has 1 N–H and O–H groups in total. The number of nitrogens with one attached hydrogen (secondary N) is 1. The molecule has 1 aromatic carbocycles. The number of aromatic nitrogens is 1. The van der Waals surface area contributed by atoms with Crippen molar-refractivity contribution >= 4 is 22.9 Å². The van der Waals surface area contributed by atoms with E-state index in [4.69, 9.17) is 9.47 Å². The number of rotatable bonds is 6. The summed E-state index contributed by atoms with van der Waals surface area (Å²) in [6.45, 7) is 10.7. The fourth-order valence-corrected chi connectivity index (χ4v) is 4.05. The number of likely N-dealkylation sites (tertiary alicyclic amines) is 1. The van der Waals surface area contributed by atoms with Gasteiger partial charge in [0, 0.05) is 36.6 Å². The minimum Gasteiger partial charge on any atom is -0.494 e. The summed E-state index contributed by atoms with van der Waals surface area (Å²) in [5.41, 5.74) is 2.70. The Balaban J connectivity index is 1.75. The number of benzene rings is 1. The first-order chi connectivity index (χ1) is 14.0. The maximum absolute atomic E-state index is 13.1. The first-order valence-electron chi connectivity index (χ1n) is 10.5. The predicted molar refractivity (Wildman–Crippen MR) is 113 cm³/mol. The first kappa shape index (κ1) is 21.0. The summed E-state index contributed by atoms with van der Waals surface area (Å²) < 4.78 is 12.7. The molecule has 0 spiro atoms. The van der Waals surface area contributed by atoms with Gasteiger partial charge in [-0.3, -0.25) is 4.79 Å². The molecule has 2 aromatic rings. The fraction of sp³-hybridized carbons (Fsp3) is 0.545. The summed E-state index contributed by atoms with van der Waals surface area (Å²) in [6.07, 6.45) is 1.18. The van der Waals surface area contributed by atoms with Crippen LogP contribution in [-0.4, -0.2) is 53.8 Å². The number of piperidine rings is 1. The smallest absolute Gasteiger partial charge is 0.409 e. The molecule has 0 unspecified atom stereocenters. The third-order valence-corrected chi connectivity index (χ3v) is 5.49. The van der Waals surface area contributed by atoms with Crippen LogP contribution in [0.2, 0.25) is 0 Å². The van der Waals surface area contributed by atoms with Gasteiger partial charge >= 0.3 is 6.09 Å². The molecular formula is C22H31N3O4. The average molecular weight is 402 g/mol. The number of nitrogens with zero attached hydrogens (tertiary/aromatic N) is 2. The highest BCUT2D eigenvalue weighted by Gasteiger charge is 2.27. The van der Waals surface area contributed by atoms with Crippen molar-refractivity contribution in [3.05, 3.63) is 29.5 Å². The number of carbonyl (C=O) groups excluding carboxylic acids is 2. The number of carbonyl (C=O) groups is 2. The Labute approximate surface area is 171 Å². The van der Waals surface area contributed by atoms with Gasteiger partial charge in [0.05, 0.1) is 13.2 Å². The van der Waals surface area contributed by atoms with Crippen molar-refractivity contribution in [3.63, 3.8) is 0 Å². The molecule has 1 aliphatic heterocycles. The maximum atomic E-state index is 13.1. The van der Waals surface area contributed by atoms with Crippen molar-refractivity contribution in [2.75, 3.05) is 26.3 Å². The number of amides is 2. The van der Waals surface area contributed by atoms with Crippen molar-refractivity contribution < 1.29 is 19.1 Å². The van der Waals surface area contributed by atoms with E-state index in [9.17, 15) is 9.59 Å². The van der Waals surface area contributed by atoms with Crippen LogP contribution in [-0.2, 0) is 11.3 Å². The lowest BCUT2D eigenvalue weighted by molar-refractivity contribution is 0.0853. The normalized spacial score (nSPS) is 14.8. The summed E-state index contributed by atoms with van der Waals surface area (Å²) in [5.74, 6) is 0.753. The number of hydrogen-bond donors (Lipinski definition) is 1. The summed E-state index contributed by atoms with van der Waals surface area (Å²) >= 11 is 0. The molecule has 158 valence electrons. The van der Waals surface area contributed by atoms with Crippen LogP contribution in [0, 0.1) is 6.92 Å². The first-order valence-corrected chi connectivity index (χ1v) is 10.5. The van der Waals surface area contributed by atoms with Gasteiger partial charge in [-0.25, -0.2) is 4.79 Å². The summed E-state index contributed by atoms with van der Waals surface area (Å²) in [5, 5.41) is 4.21. The molecule has 7 nitrogen and oxygen atoms in total. The molecule has 0 saturated carbocycles. The van der Waals surface area contributed by atoms with E-state index in [2.05, 4.69) is 9.88 Å². The van der Waals surface area contributed by atoms with Crippen LogP contribution in [0.25, 0.3) is 10.9 Å². The average Bonchev–Trinajstić information content (AvgIpc) is 3.00. The van der Waals surface area contributed by atoms with Crippen LogP contribution < -0.4 is 10.1 Å². The van der Waals surface area contributed by atoms with Gasteiger partial charge in [0.15, 0.2) is 0 Å². The molecule has 7 heteroatoms. The molecule has 3 rings (SSSR count). The van der Waals surface area contributed by atoms with Crippen LogP contribution >= 0.6 is 0 Å². The van der Waals surface area contributed by atoms with Crippen LogP contribution in [0.15, 0.2) is 18.2 Å². The van der Waals surface area contributed by atoms with Crippen molar-refractivity contribution in [2.45, 2.75) is 53.1 Å². The SMILES string of the molecule is CCOC(=O)N1CCC(NC(=O)c2c(C)c3cc(OCC)ccc3n2CC)CC1. The van der Waals surface area contributed by atoms with Gasteiger partial charge in [-0.1, -0.05) is 0 Å². The lowest BCUT2D eigenvalue weighted by Gasteiger charge is -2.31. The van der Waals surface area contributed by atoms with Gasteiger partial charge in [-0.2, -0.15) is 0 Å². The minimum absolute atomic E-state index is 0.0508. The van der Waals surface area contributed by atoms with Crippen molar-refractivity contribution in [3.8, 4) is 5.75 Å². The molecule has 1 fully saturated rings. The van der Waals surface area contributed by atoms with Crippen molar-refractivity contribution in [2.24, 2.45) is 0 Å². The molecule has 1 aromatic heterocycles. The molecule has 1 aliphatic rings. The Morgan fingerprint density at radius 1 is 1.14 bits per heavy atom. The number of aryl methyl sites for hydroxylation is 2. The molecular weight excluding hydrogens is 370 g/mol. The van der Waals surface area contributed by atoms with E-state index in [0.29, 0.717) is 38.5 Å². The largest absolute Gasteiger partial charge is 0.494 e. The van der Waals surface area contributed by atoms with Crippen LogP contribution in [0.4, 0.5) is 4.79 Å². The molecule has 0 aliphatic carbocycles. The zero-order valence-corrected chi connectivity index (χ0v) is 17.8. The Hall–Kier alpha value is -2.70. The maximum Gasteiger partial charge on any atom is 0.409 e. The van der Waals surface area contributed by atoms with Gasteiger partial charge in [-0.15, -0.1) is 0 Å². The van der Waals surface area contributed by atoms with Gasteiger partial charge in [-0.05, 0) is 64.3 Å². The van der Waals surface area contributed by atoms with E-state index >= 15 is 0 Å². The van der Waals surface area contributed by atoms with E-state index in [-0.39, 0.29) is 18.0 Å². The van der Waals surface area contributed by atoms with E-state index < -0.39 is 0 Å². The zero-order valence-electron chi connectivity index (χ0n) is 17.8. The quantitative estimate of drug-likeness (QED) is 0.801. The van der Waals surface area contributed by atoms with E-state index in [1.54, 1.807) is 11.8 Å². The number of ether oxygens (including phenoxy) is 2. The predicted octanol–water partition coefficient (Wildman–Crippen LogP) is 3.72. The summed E-state index contributed by atoms with van der Waals surface area (Å²) in [7, 11) is 0.